The predicted octanol–water partition coefficient (Wildman–Crippen LogP) is 0.834. The molecule has 0 aromatic heterocycles. The quantitative estimate of drug-likeness (QED) is 0.461. The third-order valence-electron chi connectivity index (χ3n) is 0.811. The molecule has 0 aliphatic rings. The number of rotatable bonds is 2. The minimum atomic E-state index is -1.40. The van der Waals surface area contributed by atoms with Crippen LogP contribution in [0.2, 0.25) is 0 Å². The molecule has 0 aliphatic carbocycles. The highest BCUT2D eigenvalue weighted by atomic mass is 16.5. The smallest absolute Gasteiger partial charge is 0.342 e. The lowest BCUT2D eigenvalue weighted by molar-refractivity contribution is -0.155. The summed E-state index contributed by atoms with van der Waals surface area (Å²) in [5.74, 6) is -0.648. The number of carbonyl (C=O) groups excluding carboxylic acids is 1. The molecule has 0 aliphatic heterocycles. The number of allylic oxidation sites excluding steroid dienone is 1. The molecule has 3 nitrogen and oxygen atoms in total. The van der Waals surface area contributed by atoms with Crippen molar-refractivity contribution in [2.24, 2.45) is 0 Å². The van der Waals surface area contributed by atoms with Gasteiger partial charge in [-0.05, 0) is 20.8 Å². The number of esters is 1. The molecule has 10 heavy (non-hydrogen) atoms. The second-order valence-electron chi connectivity index (χ2n) is 2.43. The molecule has 0 unspecified atom stereocenters. The average molecular weight is 144 g/mol. The van der Waals surface area contributed by atoms with Gasteiger partial charge in [0.1, 0.15) is 0 Å². The van der Waals surface area contributed by atoms with Crippen LogP contribution in [0.5, 0.6) is 0 Å². The molecule has 0 aromatic rings. The molecule has 0 amide bonds. The van der Waals surface area contributed by atoms with E-state index >= 15 is 0 Å². The van der Waals surface area contributed by atoms with E-state index in [1.54, 1.807) is 13.0 Å². The first-order valence-corrected chi connectivity index (χ1v) is 3.03. The molecule has 0 saturated carbocycles. The summed E-state index contributed by atoms with van der Waals surface area (Å²) in [6.07, 6.45) is 2.81. The number of hydrogen-bond acceptors (Lipinski definition) is 3. The Morgan fingerprint density at radius 2 is 2.10 bits per heavy atom. The summed E-state index contributed by atoms with van der Waals surface area (Å²) in [6.45, 7) is 4.47. The van der Waals surface area contributed by atoms with E-state index in [2.05, 4.69) is 4.74 Å². The second-order valence-corrected chi connectivity index (χ2v) is 2.43. The Labute approximate surface area is 60.3 Å². The summed E-state index contributed by atoms with van der Waals surface area (Å²) < 4.78 is 4.49. The number of hydrogen-bond donors (Lipinski definition) is 1. The van der Waals surface area contributed by atoms with E-state index in [9.17, 15) is 4.79 Å². The van der Waals surface area contributed by atoms with Crippen molar-refractivity contribution in [2.75, 3.05) is 0 Å². The summed E-state index contributed by atoms with van der Waals surface area (Å²) in [7, 11) is 0. The van der Waals surface area contributed by atoms with E-state index in [4.69, 9.17) is 5.11 Å². The van der Waals surface area contributed by atoms with Crippen LogP contribution in [-0.4, -0.2) is 16.7 Å². The minimum Gasteiger partial charge on any atom is -0.433 e. The van der Waals surface area contributed by atoms with Crippen LogP contribution in [0.3, 0.4) is 0 Å². The molecule has 0 bridgehead atoms. The van der Waals surface area contributed by atoms with Crippen LogP contribution >= 0.6 is 0 Å². The summed E-state index contributed by atoms with van der Waals surface area (Å²) in [4.78, 5) is 10.7. The first kappa shape index (κ1) is 9.17. The molecule has 0 atom stereocenters. The van der Waals surface area contributed by atoms with E-state index in [0.717, 1.165) is 0 Å². The van der Waals surface area contributed by atoms with Gasteiger partial charge < -0.3 is 9.84 Å². The second kappa shape index (κ2) is 3.37. The van der Waals surface area contributed by atoms with E-state index in [1.165, 1.54) is 20.1 Å². The van der Waals surface area contributed by atoms with Crippen LogP contribution < -0.4 is 0 Å². The van der Waals surface area contributed by atoms with Crippen molar-refractivity contribution in [3.05, 3.63) is 12.3 Å². The van der Waals surface area contributed by atoms with Gasteiger partial charge in [0.15, 0.2) is 5.60 Å². The summed E-state index contributed by atoms with van der Waals surface area (Å²) >= 11 is 0. The maximum absolute atomic E-state index is 10.7. The molecule has 0 aromatic carbocycles. The minimum absolute atomic E-state index is 0.648. The van der Waals surface area contributed by atoms with Crippen molar-refractivity contribution >= 4 is 5.97 Å². The largest absolute Gasteiger partial charge is 0.433 e. The van der Waals surface area contributed by atoms with Gasteiger partial charge in [0, 0.05) is 0 Å². The van der Waals surface area contributed by atoms with Gasteiger partial charge in [-0.2, -0.15) is 0 Å². The zero-order valence-electron chi connectivity index (χ0n) is 6.42. The number of aliphatic hydroxyl groups is 1. The molecule has 0 saturated heterocycles. The Bertz CT molecular complexity index is 141. The molecule has 0 spiro atoms. The van der Waals surface area contributed by atoms with Crippen molar-refractivity contribution < 1.29 is 14.6 Å². The lowest BCUT2D eigenvalue weighted by atomic mass is 10.1. The highest BCUT2D eigenvalue weighted by Crippen LogP contribution is 2.03. The molecular weight excluding hydrogens is 132 g/mol. The molecule has 1 N–H and O–H groups in total. The van der Waals surface area contributed by atoms with E-state index in [0.29, 0.717) is 0 Å². The SMILES string of the molecule is CC=COC(=O)C(C)(C)O. The molecular formula is C7H12O3. The Balaban J connectivity index is 3.86. The first-order chi connectivity index (χ1) is 4.48. The Morgan fingerprint density at radius 1 is 1.60 bits per heavy atom. The third-order valence-corrected chi connectivity index (χ3v) is 0.811. The first-order valence-electron chi connectivity index (χ1n) is 3.03. The van der Waals surface area contributed by atoms with Crippen LogP contribution in [-0.2, 0) is 9.53 Å². The van der Waals surface area contributed by atoms with Gasteiger partial charge in [0.05, 0.1) is 6.26 Å². The van der Waals surface area contributed by atoms with Crippen LogP contribution in [0, 0.1) is 0 Å². The molecule has 0 heterocycles. The normalized spacial score (nSPS) is 12.0. The Morgan fingerprint density at radius 3 is 2.40 bits per heavy atom. The van der Waals surface area contributed by atoms with Gasteiger partial charge in [-0.3, -0.25) is 0 Å². The Hall–Kier alpha value is -0.830. The van der Waals surface area contributed by atoms with Crippen LogP contribution in [0.15, 0.2) is 12.3 Å². The van der Waals surface area contributed by atoms with Gasteiger partial charge >= 0.3 is 5.97 Å². The summed E-state index contributed by atoms with van der Waals surface area (Å²) in [6, 6.07) is 0. The molecule has 0 fully saturated rings. The maximum atomic E-state index is 10.7. The monoisotopic (exact) mass is 144 g/mol. The Kier molecular flexibility index (Phi) is 3.09. The van der Waals surface area contributed by atoms with Gasteiger partial charge in [-0.15, -0.1) is 0 Å². The topological polar surface area (TPSA) is 46.5 Å². The van der Waals surface area contributed by atoms with Gasteiger partial charge in [0.25, 0.3) is 0 Å². The van der Waals surface area contributed by atoms with Gasteiger partial charge in [-0.25, -0.2) is 4.79 Å². The molecule has 0 rings (SSSR count). The lowest BCUT2D eigenvalue weighted by Gasteiger charge is -2.12. The fourth-order valence-corrected chi connectivity index (χ4v) is 0.274. The molecule has 0 radical (unpaired) electrons. The maximum Gasteiger partial charge on any atom is 0.342 e. The van der Waals surface area contributed by atoms with Crippen LogP contribution in [0.4, 0.5) is 0 Å². The highest BCUT2D eigenvalue weighted by molar-refractivity contribution is 5.78. The van der Waals surface area contributed by atoms with E-state index < -0.39 is 11.6 Å². The highest BCUT2D eigenvalue weighted by Gasteiger charge is 2.24. The number of ether oxygens (including phenoxy) is 1. The predicted molar refractivity (Wildman–Crippen MR) is 37.2 cm³/mol. The van der Waals surface area contributed by atoms with E-state index in [-0.39, 0.29) is 0 Å². The summed E-state index contributed by atoms with van der Waals surface area (Å²) in [5, 5.41) is 9.00. The van der Waals surface area contributed by atoms with Crippen molar-refractivity contribution in [1.82, 2.24) is 0 Å². The average Bonchev–Trinajstić information content (AvgIpc) is 1.80. The van der Waals surface area contributed by atoms with Crippen molar-refractivity contribution in [2.45, 2.75) is 26.4 Å². The van der Waals surface area contributed by atoms with Crippen LogP contribution in [0.25, 0.3) is 0 Å². The van der Waals surface area contributed by atoms with Crippen molar-refractivity contribution in [3.63, 3.8) is 0 Å². The zero-order chi connectivity index (χ0) is 8.20. The summed E-state index contributed by atoms with van der Waals surface area (Å²) in [5.41, 5.74) is -1.40. The lowest BCUT2D eigenvalue weighted by Crippen LogP contribution is -2.31. The zero-order valence-corrected chi connectivity index (χ0v) is 6.42. The van der Waals surface area contributed by atoms with E-state index in [1.807, 2.05) is 0 Å². The molecule has 58 valence electrons. The van der Waals surface area contributed by atoms with Gasteiger partial charge in [0.2, 0.25) is 0 Å². The van der Waals surface area contributed by atoms with Crippen molar-refractivity contribution in [3.8, 4) is 0 Å². The standard InChI is InChI=1S/C7H12O3/c1-4-5-10-6(8)7(2,3)9/h4-5,9H,1-3H3. The van der Waals surface area contributed by atoms with Crippen molar-refractivity contribution in [1.29, 1.82) is 0 Å². The third kappa shape index (κ3) is 3.25. The van der Waals surface area contributed by atoms with Crippen LogP contribution in [0.1, 0.15) is 20.8 Å². The fraction of sp³-hybridized carbons (Fsp3) is 0.571. The molecule has 3 heteroatoms. The van der Waals surface area contributed by atoms with Gasteiger partial charge in [-0.1, -0.05) is 6.08 Å². The number of carbonyl (C=O) groups is 1. The fourth-order valence-electron chi connectivity index (χ4n) is 0.274.